The molecule has 1 atom stereocenters. The highest BCUT2D eigenvalue weighted by Gasteiger charge is 2.22. The minimum atomic E-state index is -1.06. The fraction of sp³-hybridized carbons (Fsp3) is 0.471. The molecule has 2 N–H and O–H groups in total. The number of carboxylic acid groups (broad SMARTS) is 1. The number of aliphatic carboxylic acids is 1. The maximum atomic E-state index is 12.1. The number of carboxylic acids is 1. The lowest BCUT2D eigenvalue weighted by Gasteiger charge is -2.17. The fourth-order valence-electron chi connectivity index (χ4n) is 2.25. The highest BCUT2D eigenvalue weighted by Crippen LogP contribution is 2.21. The maximum Gasteiger partial charge on any atom is 0.326 e. The number of ether oxygens (including phenoxy) is 1. The van der Waals surface area contributed by atoms with Crippen LogP contribution in [0.3, 0.4) is 0 Å². The molecule has 0 fully saturated rings. The van der Waals surface area contributed by atoms with E-state index in [1.165, 1.54) is 14.0 Å². The SMILES string of the molecule is COc1ccc(C(C)=O)cc1CC(=O)NC(CC(C)C)C(=O)O. The zero-order valence-corrected chi connectivity index (χ0v) is 13.9. The van der Waals surface area contributed by atoms with Crippen molar-refractivity contribution in [2.24, 2.45) is 5.92 Å². The molecule has 1 aromatic carbocycles. The normalized spacial score (nSPS) is 11.9. The summed E-state index contributed by atoms with van der Waals surface area (Å²) in [5, 5.41) is 11.7. The Labute approximate surface area is 135 Å². The minimum Gasteiger partial charge on any atom is -0.496 e. The molecular formula is C17H23NO5. The van der Waals surface area contributed by atoms with Crippen molar-refractivity contribution in [2.75, 3.05) is 7.11 Å². The number of Topliss-reactive ketones (excluding diaryl/α,β-unsaturated/α-hetero) is 1. The second kappa shape index (κ2) is 8.31. The van der Waals surface area contributed by atoms with E-state index in [0.29, 0.717) is 23.3 Å². The first-order valence-corrected chi connectivity index (χ1v) is 7.44. The summed E-state index contributed by atoms with van der Waals surface area (Å²) in [6.07, 6.45) is 0.303. The first-order chi connectivity index (χ1) is 10.7. The molecule has 0 spiro atoms. The number of methoxy groups -OCH3 is 1. The third-order valence-electron chi connectivity index (χ3n) is 3.38. The van der Waals surface area contributed by atoms with Crippen LogP contribution in [0.1, 0.15) is 43.1 Å². The standard InChI is InChI=1S/C17H23NO5/c1-10(2)7-14(17(21)22)18-16(20)9-13-8-12(11(3)19)5-6-15(13)23-4/h5-6,8,10,14H,7,9H2,1-4H3,(H,18,20)(H,21,22). The summed E-state index contributed by atoms with van der Waals surface area (Å²) in [4.78, 5) is 34.8. The van der Waals surface area contributed by atoms with Crippen molar-refractivity contribution in [2.45, 2.75) is 39.7 Å². The smallest absolute Gasteiger partial charge is 0.326 e. The predicted octanol–water partition coefficient (Wildman–Crippen LogP) is 2.06. The lowest BCUT2D eigenvalue weighted by Crippen LogP contribution is -2.42. The van der Waals surface area contributed by atoms with Crippen LogP contribution in [0.15, 0.2) is 18.2 Å². The van der Waals surface area contributed by atoms with Crippen molar-refractivity contribution in [3.63, 3.8) is 0 Å². The molecule has 0 radical (unpaired) electrons. The molecule has 0 heterocycles. The Balaban J connectivity index is 2.89. The molecule has 1 amide bonds. The number of benzene rings is 1. The van der Waals surface area contributed by atoms with E-state index >= 15 is 0 Å². The van der Waals surface area contributed by atoms with Gasteiger partial charge < -0.3 is 15.2 Å². The predicted molar refractivity (Wildman–Crippen MR) is 85.7 cm³/mol. The average Bonchev–Trinajstić information content (AvgIpc) is 2.45. The Bertz CT molecular complexity index is 595. The van der Waals surface area contributed by atoms with Crippen LogP contribution in [0.25, 0.3) is 0 Å². The van der Waals surface area contributed by atoms with Gasteiger partial charge in [0.1, 0.15) is 11.8 Å². The van der Waals surface area contributed by atoms with E-state index < -0.39 is 17.9 Å². The molecule has 0 aliphatic carbocycles. The molecule has 23 heavy (non-hydrogen) atoms. The number of carbonyl (C=O) groups excluding carboxylic acids is 2. The number of nitrogens with one attached hydrogen (secondary N) is 1. The molecule has 6 heteroatoms. The van der Waals surface area contributed by atoms with Crippen molar-refractivity contribution >= 4 is 17.7 Å². The molecule has 6 nitrogen and oxygen atoms in total. The van der Waals surface area contributed by atoms with Gasteiger partial charge in [-0.15, -0.1) is 0 Å². The van der Waals surface area contributed by atoms with E-state index in [0.717, 1.165) is 0 Å². The Hall–Kier alpha value is -2.37. The molecule has 0 aromatic heterocycles. The topological polar surface area (TPSA) is 92.7 Å². The van der Waals surface area contributed by atoms with Crippen molar-refractivity contribution in [1.29, 1.82) is 0 Å². The first-order valence-electron chi connectivity index (χ1n) is 7.44. The molecule has 1 rings (SSSR count). The Morgan fingerprint density at radius 2 is 1.91 bits per heavy atom. The molecule has 0 bridgehead atoms. The van der Waals surface area contributed by atoms with Crippen LogP contribution in [0, 0.1) is 5.92 Å². The lowest BCUT2D eigenvalue weighted by atomic mass is 10.0. The molecule has 0 saturated heterocycles. The summed E-state index contributed by atoms with van der Waals surface area (Å²) in [6, 6.07) is 3.92. The summed E-state index contributed by atoms with van der Waals surface area (Å²) in [5.74, 6) is -0.959. The van der Waals surface area contributed by atoms with E-state index in [-0.39, 0.29) is 18.1 Å². The summed E-state index contributed by atoms with van der Waals surface area (Å²) >= 11 is 0. The summed E-state index contributed by atoms with van der Waals surface area (Å²) in [6.45, 7) is 5.22. The van der Waals surface area contributed by atoms with Crippen LogP contribution in [0.2, 0.25) is 0 Å². The molecular weight excluding hydrogens is 298 g/mol. The first kappa shape index (κ1) is 18.7. The van der Waals surface area contributed by atoms with Gasteiger partial charge in [-0.25, -0.2) is 4.79 Å². The van der Waals surface area contributed by atoms with Gasteiger partial charge in [0, 0.05) is 11.1 Å². The zero-order chi connectivity index (χ0) is 17.6. The van der Waals surface area contributed by atoms with Crippen LogP contribution >= 0.6 is 0 Å². The maximum absolute atomic E-state index is 12.1. The van der Waals surface area contributed by atoms with Crippen LogP contribution in [-0.2, 0) is 16.0 Å². The van der Waals surface area contributed by atoms with Crippen LogP contribution < -0.4 is 10.1 Å². The third-order valence-corrected chi connectivity index (χ3v) is 3.38. The largest absolute Gasteiger partial charge is 0.496 e. The Morgan fingerprint density at radius 3 is 2.39 bits per heavy atom. The highest BCUT2D eigenvalue weighted by atomic mass is 16.5. The monoisotopic (exact) mass is 321 g/mol. The number of amides is 1. The second-order valence-corrected chi connectivity index (χ2v) is 5.85. The van der Waals surface area contributed by atoms with Gasteiger partial charge in [-0.2, -0.15) is 0 Å². The fourth-order valence-corrected chi connectivity index (χ4v) is 2.25. The van der Waals surface area contributed by atoms with Crippen LogP contribution in [-0.4, -0.2) is 35.9 Å². The second-order valence-electron chi connectivity index (χ2n) is 5.85. The van der Waals surface area contributed by atoms with E-state index in [4.69, 9.17) is 4.74 Å². The number of ketones is 1. The van der Waals surface area contributed by atoms with Gasteiger partial charge >= 0.3 is 5.97 Å². The van der Waals surface area contributed by atoms with Crippen LogP contribution in [0.5, 0.6) is 5.75 Å². The molecule has 0 aliphatic heterocycles. The number of rotatable bonds is 8. The van der Waals surface area contributed by atoms with Gasteiger partial charge in [0.05, 0.1) is 13.5 Å². The lowest BCUT2D eigenvalue weighted by molar-refractivity contribution is -0.142. The summed E-state index contributed by atoms with van der Waals surface area (Å²) in [7, 11) is 1.48. The molecule has 0 saturated carbocycles. The molecule has 1 aromatic rings. The van der Waals surface area contributed by atoms with Gasteiger partial charge in [-0.3, -0.25) is 9.59 Å². The van der Waals surface area contributed by atoms with Gasteiger partial charge in [-0.05, 0) is 37.5 Å². The van der Waals surface area contributed by atoms with E-state index in [9.17, 15) is 19.5 Å². The zero-order valence-electron chi connectivity index (χ0n) is 13.9. The van der Waals surface area contributed by atoms with Crippen molar-refractivity contribution in [1.82, 2.24) is 5.32 Å². The number of hydrogen-bond donors (Lipinski definition) is 2. The molecule has 0 aliphatic rings. The summed E-state index contributed by atoms with van der Waals surface area (Å²) < 4.78 is 5.19. The Kier molecular flexibility index (Phi) is 6.75. The highest BCUT2D eigenvalue weighted by molar-refractivity contribution is 5.95. The van der Waals surface area contributed by atoms with Gasteiger partial charge in [0.15, 0.2) is 5.78 Å². The Morgan fingerprint density at radius 1 is 1.26 bits per heavy atom. The van der Waals surface area contributed by atoms with E-state index in [1.807, 2.05) is 13.8 Å². The van der Waals surface area contributed by atoms with Gasteiger partial charge in [0.25, 0.3) is 0 Å². The molecule has 126 valence electrons. The summed E-state index contributed by atoms with van der Waals surface area (Å²) in [5.41, 5.74) is 1.02. The third kappa shape index (κ3) is 5.73. The van der Waals surface area contributed by atoms with Gasteiger partial charge in [0.2, 0.25) is 5.91 Å². The van der Waals surface area contributed by atoms with Crippen molar-refractivity contribution in [3.05, 3.63) is 29.3 Å². The van der Waals surface area contributed by atoms with E-state index in [2.05, 4.69) is 5.32 Å². The average molecular weight is 321 g/mol. The van der Waals surface area contributed by atoms with Gasteiger partial charge in [-0.1, -0.05) is 13.8 Å². The van der Waals surface area contributed by atoms with Crippen molar-refractivity contribution in [3.8, 4) is 5.75 Å². The minimum absolute atomic E-state index is 0.0494. The number of carbonyl (C=O) groups is 3. The van der Waals surface area contributed by atoms with E-state index in [1.54, 1.807) is 18.2 Å². The quantitative estimate of drug-likeness (QED) is 0.715. The molecule has 1 unspecified atom stereocenters. The van der Waals surface area contributed by atoms with Crippen LogP contribution in [0.4, 0.5) is 0 Å². The van der Waals surface area contributed by atoms with Crippen molar-refractivity contribution < 1.29 is 24.2 Å². The number of hydrogen-bond acceptors (Lipinski definition) is 4.